The van der Waals surface area contributed by atoms with Crippen LogP contribution >= 0.6 is 0 Å². The summed E-state index contributed by atoms with van der Waals surface area (Å²) in [7, 11) is 0. The molecular formula is C21H21N5O. The summed E-state index contributed by atoms with van der Waals surface area (Å²) in [5, 5.41) is 8.56. The third kappa shape index (κ3) is 3.02. The van der Waals surface area contributed by atoms with Crippen LogP contribution in [0.1, 0.15) is 35.9 Å². The zero-order chi connectivity index (χ0) is 18.2. The van der Waals surface area contributed by atoms with Gasteiger partial charge in [0, 0.05) is 36.1 Å². The molecule has 0 saturated carbocycles. The minimum atomic E-state index is 0.291. The number of hydrogen-bond donors (Lipinski definition) is 0. The molecular weight excluding hydrogens is 338 g/mol. The van der Waals surface area contributed by atoms with Crippen molar-refractivity contribution in [1.29, 1.82) is 0 Å². The van der Waals surface area contributed by atoms with E-state index in [1.807, 2.05) is 48.1 Å². The largest absolute Gasteiger partial charge is 0.359 e. The second kappa shape index (κ2) is 6.63. The second-order valence-corrected chi connectivity index (χ2v) is 7.15. The van der Waals surface area contributed by atoms with E-state index in [0.29, 0.717) is 6.04 Å². The minimum Gasteiger partial charge on any atom is -0.359 e. The van der Waals surface area contributed by atoms with Gasteiger partial charge in [0.1, 0.15) is 0 Å². The van der Waals surface area contributed by atoms with Crippen molar-refractivity contribution in [2.24, 2.45) is 0 Å². The molecule has 0 spiro atoms. The summed E-state index contributed by atoms with van der Waals surface area (Å²) >= 11 is 0. The first kappa shape index (κ1) is 16.2. The fourth-order valence-electron chi connectivity index (χ4n) is 3.93. The van der Waals surface area contributed by atoms with Crippen molar-refractivity contribution in [3.8, 4) is 11.1 Å². The summed E-state index contributed by atoms with van der Waals surface area (Å²) in [6.45, 7) is 3.84. The number of aromatic nitrogens is 4. The van der Waals surface area contributed by atoms with Crippen LogP contribution in [0.4, 0.5) is 0 Å². The fourth-order valence-corrected chi connectivity index (χ4v) is 3.93. The first-order chi connectivity index (χ1) is 13.3. The predicted molar refractivity (Wildman–Crippen MR) is 102 cm³/mol. The van der Waals surface area contributed by atoms with Crippen LogP contribution in [0.25, 0.3) is 16.8 Å². The minimum absolute atomic E-state index is 0.291. The van der Waals surface area contributed by atoms with E-state index in [1.165, 1.54) is 6.42 Å². The molecule has 6 heteroatoms. The standard InChI is InChI=1S/C21H21N5O/c1-15-10-20(27-24-15)19-8-5-9-25(19)13-16-11-22-21-18(12-23-26(21)14-16)17-6-3-2-4-7-17/h2-4,6-7,10-12,14,19H,5,8-9,13H2,1H3. The average Bonchev–Trinajstić information content (AvgIpc) is 3.42. The van der Waals surface area contributed by atoms with Gasteiger partial charge in [-0.3, -0.25) is 4.90 Å². The summed E-state index contributed by atoms with van der Waals surface area (Å²) in [6, 6.07) is 12.6. The van der Waals surface area contributed by atoms with Gasteiger partial charge in [-0.15, -0.1) is 0 Å². The summed E-state index contributed by atoms with van der Waals surface area (Å²) < 4.78 is 7.39. The molecule has 27 heavy (non-hydrogen) atoms. The van der Waals surface area contributed by atoms with Crippen molar-refractivity contribution in [3.05, 3.63) is 72.0 Å². The van der Waals surface area contributed by atoms with Crippen molar-refractivity contribution in [2.45, 2.75) is 32.4 Å². The Morgan fingerprint density at radius 2 is 2.07 bits per heavy atom. The molecule has 0 amide bonds. The molecule has 4 aromatic rings. The molecule has 1 fully saturated rings. The lowest BCUT2D eigenvalue weighted by atomic mass is 10.1. The van der Waals surface area contributed by atoms with Gasteiger partial charge < -0.3 is 4.52 Å². The Balaban J connectivity index is 1.41. The van der Waals surface area contributed by atoms with Crippen LogP contribution in [0, 0.1) is 6.92 Å². The molecule has 5 rings (SSSR count). The van der Waals surface area contributed by atoms with Crippen LogP contribution in [0.2, 0.25) is 0 Å². The zero-order valence-corrected chi connectivity index (χ0v) is 15.2. The number of hydrogen-bond acceptors (Lipinski definition) is 5. The number of nitrogens with zero attached hydrogens (tertiary/aromatic N) is 5. The van der Waals surface area contributed by atoms with E-state index in [2.05, 4.69) is 33.5 Å². The summed E-state index contributed by atoms with van der Waals surface area (Å²) in [4.78, 5) is 7.13. The maximum atomic E-state index is 5.51. The van der Waals surface area contributed by atoms with Crippen LogP contribution in [-0.4, -0.2) is 31.2 Å². The van der Waals surface area contributed by atoms with Crippen LogP contribution in [0.5, 0.6) is 0 Å². The third-order valence-electron chi connectivity index (χ3n) is 5.22. The van der Waals surface area contributed by atoms with Crippen LogP contribution in [-0.2, 0) is 6.54 Å². The highest BCUT2D eigenvalue weighted by atomic mass is 16.5. The van der Waals surface area contributed by atoms with E-state index in [9.17, 15) is 0 Å². The Bertz CT molecular complexity index is 1070. The van der Waals surface area contributed by atoms with Crippen molar-refractivity contribution < 1.29 is 4.52 Å². The second-order valence-electron chi connectivity index (χ2n) is 7.15. The van der Waals surface area contributed by atoms with Crippen molar-refractivity contribution in [2.75, 3.05) is 6.54 Å². The summed E-state index contributed by atoms with van der Waals surface area (Å²) in [6.07, 6.45) is 8.20. The van der Waals surface area contributed by atoms with E-state index in [-0.39, 0.29) is 0 Å². The maximum Gasteiger partial charge on any atom is 0.162 e. The highest BCUT2D eigenvalue weighted by Gasteiger charge is 2.29. The van der Waals surface area contributed by atoms with Gasteiger partial charge in [-0.25, -0.2) is 9.50 Å². The predicted octanol–water partition coefficient (Wildman–Crippen LogP) is 4.03. The maximum absolute atomic E-state index is 5.51. The monoisotopic (exact) mass is 359 g/mol. The van der Waals surface area contributed by atoms with Crippen LogP contribution in [0.3, 0.4) is 0 Å². The molecule has 1 atom stereocenters. The average molecular weight is 359 g/mol. The van der Waals surface area contributed by atoms with Crippen molar-refractivity contribution >= 4 is 5.65 Å². The number of likely N-dealkylation sites (tertiary alicyclic amines) is 1. The van der Waals surface area contributed by atoms with Crippen molar-refractivity contribution in [3.63, 3.8) is 0 Å². The lowest BCUT2D eigenvalue weighted by Gasteiger charge is -2.22. The Morgan fingerprint density at radius 1 is 1.19 bits per heavy atom. The molecule has 3 aromatic heterocycles. The lowest BCUT2D eigenvalue weighted by molar-refractivity contribution is 0.206. The smallest absolute Gasteiger partial charge is 0.162 e. The first-order valence-electron chi connectivity index (χ1n) is 9.33. The normalized spacial score (nSPS) is 17.7. The molecule has 136 valence electrons. The first-order valence-corrected chi connectivity index (χ1v) is 9.33. The molecule has 0 radical (unpaired) electrons. The molecule has 1 saturated heterocycles. The van der Waals surface area contributed by atoms with Gasteiger partial charge in [0.15, 0.2) is 11.4 Å². The Morgan fingerprint density at radius 3 is 2.89 bits per heavy atom. The molecule has 0 bridgehead atoms. The molecule has 0 aliphatic carbocycles. The number of aryl methyl sites for hydroxylation is 1. The van der Waals surface area contributed by atoms with E-state index >= 15 is 0 Å². The molecule has 1 unspecified atom stereocenters. The molecule has 0 N–H and O–H groups in total. The van der Waals surface area contributed by atoms with E-state index in [1.54, 1.807) is 0 Å². The topological polar surface area (TPSA) is 59.5 Å². The van der Waals surface area contributed by atoms with Crippen molar-refractivity contribution in [1.82, 2.24) is 24.7 Å². The SMILES string of the molecule is Cc1cc(C2CCCN2Cc2cnc3c(-c4ccccc4)cnn3c2)on1. The van der Waals surface area contributed by atoms with Gasteiger partial charge >= 0.3 is 0 Å². The molecule has 6 nitrogen and oxygen atoms in total. The molecule has 1 aliphatic rings. The molecule has 4 heterocycles. The van der Waals surface area contributed by atoms with Gasteiger partial charge in [-0.1, -0.05) is 35.5 Å². The highest BCUT2D eigenvalue weighted by Crippen LogP contribution is 2.33. The van der Waals surface area contributed by atoms with Gasteiger partial charge in [0.25, 0.3) is 0 Å². The number of benzene rings is 1. The Kier molecular flexibility index (Phi) is 3.98. The van der Waals surface area contributed by atoms with Gasteiger partial charge in [0.2, 0.25) is 0 Å². The van der Waals surface area contributed by atoms with Gasteiger partial charge in [-0.2, -0.15) is 5.10 Å². The molecule has 1 aromatic carbocycles. The molecule has 1 aliphatic heterocycles. The van der Waals surface area contributed by atoms with Crippen LogP contribution in [0.15, 0.2) is 59.5 Å². The fraction of sp³-hybridized carbons (Fsp3) is 0.286. The Hall–Kier alpha value is -2.99. The van der Waals surface area contributed by atoms with E-state index in [4.69, 9.17) is 9.51 Å². The number of fused-ring (bicyclic) bond motifs is 1. The third-order valence-corrected chi connectivity index (χ3v) is 5.22. The van der Waals surface area contributed by atoms with E-state index in [0.717, 1.165) is 53.3 Å². The lowest BCUT2D eigenvalue weighted by Crippen LogP contribution is -2.22. The van der Waals surface area contributed by atoms with Crippen LogP contribution < -0.4 is 0 Å². The van der Waals surface area contributed by atoms with Gasteiger partial charge in [-0.05, 0) is 31.9 Å². The van der Waals surface area contributed by atoms with Gasteiger partial charge in [0.05, 0.1) is 17.9 Å². The zero-order valence-electron chi connectivity index (χ0n) is 15.2. The highest BCUT2D eigenvalue weighted by molar-refractivity contribution is 5.76. The summed E-state index contributed by atoms with van der Waals surface area (Å²) in [5.74, 6) is 0.962. The summed E-state index contributed by atoms with van der Waals surface area (Å²) in [5.41, 5.74) is 5.15. The quantitative estimate of drug-likeness (QED) is 0.551. The van der Waals surface area contributed by atoms with E-state index < -0.39 is 0 Å². The Labute approximate surface area is 157 Å². The number of rotatable bonds is 4.